The first kappa shape index (κ1) is 12.1. The lowest BCUT2D eigenvalue weighted by Gasteiger charge is -2.17. The van der Waals surface area contributed by atoms with Gasteiger partial charge in [0.1, 0.15) is 6.29 Å². The number of carbonyl (C=O) groups excluding carboxylic acids is 2. The van der Waals surface area contributed by atoms with E-state index in [9.17, 15) is 9.59 Å². The predicted octanol–water partition coefficient (Wildman–Crippen LogP) is 1.47. The van der Waals surface area contributed by atoms with Crippen LogP contribution in [0.4, 0.5) is 0 Å². The zero-order valence-corrected chi connectivity index (χ0v) is 8.75. The molecule has 0 aromatic rings. The quantitative estimate of drug-likeness (QED) is 0.588. The molecule has 3 heteroatoms. The van der Waals surface area contributed by atoms with E-state index in [4.69, 9.17) is 0 Å². The van der Waals surface area contributed by atoms with Crippen LogP contribution in [0.2, 0.25) is 0 Å². The Bertz CT molecular complexity index is 168. The molecule has 0 heterocycles. The number of amides is 1. The van der Waals surface area contributed by atoms with Crippen molar-refractivity contribution in [1.29, 1.82) is 0 Å². The summed E-state index contributed by atoms with van der Waals surface area (Å²) in [5.74, 6) is -0.0929. The monoisotopic (exact) mass is 185 g/mol. The van der Waals surface area contributed by atoms with Gasteiger partial charge in [-0.15, -0.1) is 0 Å². The summed E-state index contributed by atoms with van der Waals surface area (Å²) in [4.78, 5) is 23.4. The fraction of sp³-hybridized carbons (Fsp3) is 0.800. The van der Waals surface area contributed by atoms with Gasteiger partial charge in [-0.3, -0.25) is 4.79 Å². The standard InChI is InChI=1S/C10H19NO2/c1-4-5-6-11(3)10(13)7-9(2)8-12/h8-9H,4-7H2,1-3H3. The Kier molecular flexibility index (Phi) is 6.20. The third kappa shape index (κ3) is 5.39. The fourth-order valence-electron chi connectivity index (χ4n) is 0.999. The number of aldehydes is 1. The lowest BCUT2D eigenvalue weighted by Crippen LogP contribution is -2.29. The molecule has 0 bridgehead atoms. The molecule has 0 spiro atoms. The zero-order valence-electron chi connectivity index (χ0n) is 8.75. The minimum Gasteiger partial charge on any atom is -0.346 e. The molecule has 1 unspecified atom stereocenters. The molecule has 0 fully saturated rings. The maximum Gasteiger partial charge on any atom is 0.223 e. The van der Waals surface area contributed by atoms with E-state index in [-0.39, 0.29) is 11.8 Å². The summed E-state index contributed by atoms with van der Waals surface area (Å²) >= 11 is 0. The van der Waals surface area contributed by atoms with Crippen molar-refractivity contribution in [2.24, 2.45) is 5.92 Å². The first-order chi connectivity index (χ1) is 6.11. The fourth-order valence-corrected chi connectivity index (χ4v) is 0.999. The molecule has 1 atom stereocenters. The Hall–Kier alpha value is -0.860. The number of hydrogen-bond acceptors (Lipinski definition) is 2. The highest BCUT2D eigenvalue weighted by Gasteiger charge is 2.11. The van der Waals surface area contributed by atoms with Crippen molar-refractivity contribution in [2.75, 3.05) is 13.6 Å². The number of unbranched alkanes of at least 4 members (excludes halogenated alkanes) is 1. The molecule has 0 aliphatic carbocycles. The van der Waals surface area contributed by atoms with Crippen LogP contribution < -0.4 is 0 Å². The first-order valence-corrected chi connectivity index (χ1v) is 4.81. The molecule has 0 rings (SSSR count). The highest BCUT2D eigenvalue weighted by molar-refractivity contribution is 5.78. The Balaban J connectivity index is 3.75. The second-order valence-electron chi connectivity index (χ2n) is 3.49. The van der Waals surface area contributed by atoms with Crippen LogP contribution >= 0.6 is 0 Å². The van der Waals surface area contributed by atoms with E-state index in [2.05, 4.69) is 6.92 Å². The molecule has 76 valence electrons. The van der Waals surface area contributed by atoms with E-state index in [1.54, 1.807) is 18.9 Å². The second-order valence-corrected chi connectivity index (χ2v) is 3.49. The summed E-state index contributed by atoms with van der Waals surface area (Å²) in [6, 6.07) is 0. The first-order valence-electron chi connectivity index (χ1n) is 4.81. The third-order valence-electron chi connectivity index (χ3n) is 2.00. The predicted molar refractivity (Wildman–Crippen MR) is 52.4 cm³/mol. The van der Waals surface area contributed by atoms with Gasteiger partial charge in [0.05, 0.1) is 0 Å². The summed E-state index contributed by atoms with van der Waals surface area (Å²) in [6.45, 7) is 4.64. The van der Waals surface area contributed by atoms with Crippen LogP contribution in [0, 0.1) is 5.92 Å². The van der Waals surface area contributed by atoms with Crippen molar-refractivity contribution >= 4 is 12.2 Å². The van der Waals surface area contributed by atoms with Crippen LogP contribution in [0.1, 0.15) is 33.1 Å². The second kappa shape index (κ2) is 6.63. The smallest absolute Gasteiger partial charge is 0.223 e. The van der Waals surface area contributed by atoms with Gasteiger partial charge in [-0.25, -0.2) is 0 Å². The Labute approximate surface area is 80.1 Å². The van der Waals surface area contributed by atoms with Crippen molar-refractivity contribution in [3.8, 4) is 0 Å². The van der Waals surface area contributed by atoms with Crippen LogP contribution in [0.3, 0.4) is 0 Å². The van der Waals surface area contributed by atoms with Crippen LogP contribution in [-0.2, 0) is 9.59 Å². The highest BCUT2D eigenvalue weighted by atomic mass is 16.2. The van der Waals surface area contributed by atoms with Gasteiger partial charge < -0.3 is 9.69 Å². The van der Waals surface area contributed by atoms with Gasteiger partial charge in [0.15, 0.2) is 0 Å². The molecule has 0 saturated heterocycles. The van der Waals surface area contributed by atoms with Gasteiger partial charge in [-0.2, -0.15) is 0 Å². The Morgan fingerprint density at radius 1 is 1.54 bits per heavy atom. The minimum atomic E-state index is -0.156. The maximum atomic E-state index is 11.4. The minimum absolute atomic E-state index is 0.0630. The van der Waals surface area contributed by atoms with Gasteiger partial charge in [-0.1, -0.05) is 20.3 Å². The van der Waals surface area contributed by atoms with Crippen LogP contribution in [0.15, 0.2) is 0 Å². The molecule has 0 aromatic carbocycles. The Morgan fingerprint density at radius 3 is 2.62 bits per heavy atom. The van der Waals surface area contributed by atoms with Crippen molar-refractivity contribution in [1.82, 2.24) is 4.90 Å². The zero-order chi connectivity index (χ0) is 10.3. The van der Waals surface area contributed by atoms with Gasteiger partial charge in [-0.05, 0) is 6.42 Å². The topological polar surface area (TPSA) is 37.4 Å². The number of rotatable bonds is 6. The van der Waals surface area contributed by atoms with Crippen molar-refractivity contribution in [3.63, 3.8) is 0 Å². The normalized spacial score (nSPS) is 12.2. The molecule has 3 nitrogen and oxygen atoms in total. The third-order valence-corrected chi connectivity index (χ3v) is 2.00. The molecule has 0 aliphatic rings. The van der Waals surface area contributed by atoms with Crippen molar-refractivity contribution in [2.45, 2.75) is 33.1 Å². The molecule has 1 amide bonds. The van der Waals surface area contributed by atoms with Gasteiger partial charge in [0.25, 0.3) is 0 Å². The van der Waals surface area contributed by atoms with Crippen LogP contribution in [0.25, 0.3) is 0 Å². The molecule has 0 saturated carbocycles. The number of hydrogen-bond donors (Lipinski definition) is 0. The highest BCUT2D eigenvalue weighted by Crippen LogP contribution is 2.02. The van der Waals surface area contributed by atoms with Crippen molar-refractivity contribution < 1.29 is 9.59 Å². The van der Waals surface area contributed by atoms with E-state index in [0.717, 1.165) is 25.7 Å². The van der Waals surface area contributed by atoms with E-state index in [1.165, 1.54) is 0 Å². The lowest BCUT2D eigenvalue weighted by molar-refractivity contribution is -0.132. The maximum absolute atomic E-state index is 11.4. The van der Waals surface area contributed by atoms with E-state index in [1.807, 2.05) is 0 Å². The average Bonchev–Trinajstić information content (AvgIpc) is 2.13. The Morgan fingerprint density at radius 2 is 2.15 bits per heavy atom. The molecule has 13 heavy (non-hydrogen) atoms. The van der Waals surface area contributed by atoms with Crippen molar-refractivity contribution in [3.05, 3.63) is 0 Å². The largest absolute Gasteiger partial charge is 0.346 e. The van der Waals surface area contributed by atoms with Gasteiger partial charge in [0, 0.05) is 25.9 Å². The summed E-state index contributed by atoms with van der Waals surface area (Å²) in [5.41, 5.74) is 0. The number of nitrogens with zero attached hydrogens (tertiary/aromatic N) is 1. The van der Waals surface area contributed by atoms with Gasteiger partial charge >= 0.3 is 0 Å². The molecule has 0 N–H and O–H groups in total. The van der Waals surface area contributed by atoms with E-state index >= 15 is 0 Å². The summed E-state index contributed by atoms with van der Waals surface area (Å²) in [6.07, 6.45) is 3.27. The molecule has 0 aliphatic heterocycles. The summed E-state index contributed by atoms with van der Waals surface area (Å²) < 4.78 is 0. The molecule has 0 aromatic heterocycles. The van der Waals surface area contributed by atoms with E-state index in [0.29, 0.717) is 6.42 Å². The lowest BCUT2D eigenvalue weighted by atomic mass is 10.1. The number of carbonyl (C=O) groups is 2. The van der Waals surface area contributed by atoms with Gasteiger partial charge in [0.2, 0.25) is 5.91 Å². The average molecular weight is 185 g/mol. The SMILES string of the molecule is CCCCN(C)C(=O)CC(C)C=O. The van der Waals surface area contributed by atoms with Crippen LogP contribution in [0.5, 0.6) is 0 Å². The molecular weight excluding hydrogens is 166 g/mol. The van der Waals surface area contributed by atoms with E-state index < -0.39 is 0 Å². The summed E-state index contributed by atoms with van der Waals surface area (Å²) in [7, 11) is 1.79. The molecule has 0 radical (unpaired) electrons. The molecular formula is C10H19NO2. The van der Waals surface area contributed by atoms with Crippen LogP contribution in [-0.4, -0.2) is 30.7 Å². The summed E-state index contributed by atoms with van der Waals surface area (Å²) in [5, 5.41) is 0.